The fraction of sp³-hybridized carbons (Fsp3) is 0.176. The van der Waals surface area contributed by atoms with Gasteiger partial charge in [0, 0.05) is 12.3 Å². The molecular formula is C34H33NS. The lowest BCUT2D eigenvalue weighted by Crippen LogP contribution is -2.28. The first kappa shape index (κ1) is 24.2. The van der Waals surface area contributed by atoms with Gasteiger partial charge in [-0.1, -0.05) is 73.7 Å². The Labute approximate surface area is 218 Å². The van der Waals surface area contributed by atoms with Gasteiger partial charge in [-0.3, -0.25) is 0 Å². The highest BCUT2D eigenvalue weighted by Crippen LogP contribution is 2.30. The molecule has 2 heteroatoms. The largest absolute Gasteiger partial charge is 0.391 e. The molecule has 0 aromatic heterocycles. The van der Waals surface area contributed by atoms with E-state index in [4.69, 9.17) is 0 Å². The van der Waals surface area contributed by atoms with Gasteiger partial charge in [-0.25, -0.2) is 0 Å². The van der Waals surface area contributed by atoms with Crippen molar-refractivity contribution in [3.63, 3.8) is 0 Å². The Morgan fingerprint density at radius 1 is 0.889 bits per heavy atom. The molecule has 0 atom stereocenters. The first-order valence-corrected chi connectivity index (χ1v) is 13.9. The van der Waals surface area contributed by atoms with Gasteiger partial charge in [0.05, 0.1) is 0 Å². The minimum absolute atomic E-state index is 0.986. The van der Waals surface area contributed by atoms with Crippen molar-refractivity contribution in [2.24, 2.45) is 0 Å². The maximum absolute atomic E-state index is 3.44. The van der Waals surface area contributed by atoms with Crippen molar-refractivity contribution in [2.75, 3.05) is 12.3 Å². The SMILES string of the molecule is C/C=C\C=C\c1cc(/C(C)=C/NCCC)cc(-c2ccc3c(c2)c2c(c4ccccc43)=CCSC=2)c1. The quantitative estimate of drug-likeness (QED) is 0.162. The molecule has 0 amide bonds. The van der Waals surface area contributed by atoms with E-state index in [1.165, 1.54) is 59.8 Å². The van der Waals surface area contributed by atoms with E-state index in [-0.39, 0.29) is 0 Å². The lowest BCUT2D eigenvalue weighted by Gasteiger charge is -2.13. The number of thioether (sulfide) groups is 1. The van der Waals surface area contributed by atoms with Crippen LogP contribution in [0.3, 0.4) is 0 Å². The molecule has 0 spiro atoms. The third-order valence-corrected chi connectivity index (χ3v) is 7.50. The summed E-state index contributed by atoms with van der Waals surface area (Å²) in [6.07, 6.45) is 14.1. The highest BCUT2D eigenvalue weighted by atomic mass is 32.2. The molecule has 36 heavy (non-hydrogen) atoms. The second-order valence-electron chi connectivity index (χ2n) is 9.30. The van der Waals surface area contributed by atoms with Crippen molar-refractivity contribution in [2.45, 2.75) is 27.2 Å². The van der Waals surface area contributed by atoms with Crippen LogP contribution < -0.4 is 15.8 Å². The van der Waals surface area contributed by atoms with Crippen LogP contribution >= 0.6 is 11.8 Å². The maximum atomic E-state index is 3.44. The highest BCUT2D eigenvalue weighted by molar-refractivity contribution is 8.06. The molecule has 0 saturated heterocycles. The van der Waals surface area contributed by atoms with E-state index in [1.807, 2.05) is 18.7 Å². The monoisotopic (exact) mass is 487 g/mol. The smallest absolute Gasteiger partial charge is 0.0164 e. The highest BCUT2D eigenvalue weighted by Gasteiger charge is 2.10. The van der Waals surface area contributed by atoms with Crippen molar-refractivity contribution < 1.29 is 0 Å². The third-order valence-electron chi connectivity index (χ3n) is 6.74. The first-order chi connectivity index (χ1) is 17.7. The van der Waals surface area contributed by atoms with Gasteiger partial charge in [-0.15, -0.1) is 11.8 Å². The molecule has 1 aliphatic rings. The molecule has 4 aromatic carbocycles. The molecule has 4 aromatic rings. The van der Waals surface area contributed by atoms with Crippen LogP contribution in [0.15, 0.2) is 85.1 Å². The Morgan fingerprint density at radius 3 is 2.56 bits per heavy atom. The molecule has 180 valence electrons. The molecule has 0 unspecified atom stereocenters. The Morgan fingerprint density at radius 2 is 1.72 bits per heavy atom. The molecule has 1 nitrogen and oxygen atoms in total. The van der Waals surface area contributed by atoms with E-state index < -0.39 is 0 Å². The van der Waals surface area contributed by atoms with E-state index in [2.05, 4.69) is 122 Å². The van der Waals surface area contributed by atoms with Gasteiger partial charge in [0.2, 0.25) is 0 Å². The number of rotatable bonds is 7. The zero-order valence-corrected chi connectivity index (χ0v) is 22.2. The van der Waals surface area contributed by atoms with Crippen LogP contribution in [0.1, 0.15) is 38.3 Å². The van der Waals surface area contributed by atoms with Gasteiger partial charge < -0.3 is 5.32 Å². The van der Waals surface area contributed by atoms with Crippen molar-refractivity contribution >= 4 is 56.4 Å². The van der Waals surface area contributed by atoms with E-state index in [0.29, 0.717) is 0 Å². The van der Waals surface area contributed by atoms with E-state index in [1.54, 1.807) is 0 Å². The van der Waals surface area contributed by atoms with Crippen molar-refractivity contribution in [1.82, 2.24) is 5.32 Å². The number of allylic oxidation sites excluding steroid dienone is 4. The summed E-state index contributed by atoms with van der Waals surface area (Å²) in [6.45, 7) is 7.41. The van der Waals surface area contributed by atoms with Crippen molar-refractivity contribution in [3.05, 3.63) is 107 Å². The molecule has 0 bridgehead atoms. The first-order valence-electron chi connectivity index (χ1n) is 12.8. The van der Waals surface area contributed by atoms with Crippen molar-refractivity contribution in [1.29, 1.82) is 0 Å². The summed E-state index contributed by atoms with van der Waals surface area (Å²) < 4.78 is 0. The zero-order chi connectivity index (χ0) is 24.9. The van der Waals surface area contributed by atoms with Crippen LogP contribution in [0.4, 0.5) is 0 Å². The molecule has 1 N–H and O–H groups in total. The lowest BCUT2D eigenvalue weighted by molar-refractivity contribution is 0.810. The van der Waals surface area contributed by atoms with Crippen LogP contribution in [0.25, 0.3) is 55.8 Å². The Hall–Kier alpha value is -3.49. The zero-order valence-electron chi connectivity index (χ0n) is 21.3. The molecule has 0 saturated carbocycles. The Bertz CT molecular complexity index is 1640. The van der Waals surface area contributed by atoms with Crippen LogP contribution in [-0.4, -0.2) is 12.3 Å². The minimum atomic E-state index is 0.986. The second-order valence-corrected chi connectivity index (χ2v) is 10.2. The number of hydrogen-bond acceptors (Lipinski definition) is 2. The molecule has 0 aliphatic carbocycles. The number of fused-ring (bicyclic) bond motifs is 6. The van der Waals surface area contributed by atoms with E-state index in [9.17, 15) is 0 Å². The lowest BCUT2D eigenvalue weighted by atomic mass is 9.92. The van der Waals surface area contributed by atoms with Crippen molar-refractivity contribution in [3.8, 4) is 11.1 Å². The Kier molecular flexibility index (Phi) is 7.44. The average molecular weight is 488 g/mol. The topological polar surface area (TPSA) is 12.0 Å². The predicted octanol–water partition coefficient (Wildman–Crippen LogP) is 7.88. The maximum Gasteiger partial charge on any atom is 0.0164 e. The number of nitrogens with one attached hydrogen (secondary N) is 1. The number of hydrogen-bond donors (Lipinski definition) is 1. The average Bonchev–Trinajstić information content (AvgIpc) is 2.93. The third kappa shape index (κ3) is 4.92. The van der Waals surface area contributed by atoms with Crippen LogP contribution in [0.2, 0.25) is 0 Å². The van der Waals surface area contributed by atoms with Crippen LogP contribution in [0.5, 0.6) is 0 Å². The normalized spacial score (nSPS) is 13.8. The van der Waals surface area contributed by atoms with E-state index >= 15 is 0 Å². The Balaban J connectivity index is 1.71. The molecule has 0 radical (unpaired) electrons. The summed E-state index contributed by atoms with van der Waals surface area (Å²) in [5.41, 5.74) is 6.19. The van der Waals surface area contributed by atoms with Gasteiger partial charge in [-0.05, 0) is 116 Å². The molecule has 0 fully saturated rings. The van der Waals surface area contributed by atoms with Gasteiger partial charge in [0.1, 0.15) is 0 Å². The summed E-state index contributed by atoms with van der Waals surface area (Å²) >= 11 is 1.88. The molecule has 5 rings (SSSR count). The van der Waals surface area contributed by atoms with Crippen LogP contribution in [0, 0.1) is 0 Å². The summed E-state index contributed by atoms with van der Waals surface area (Å²) in [5, 5.41) is 13.9. The molecular weight excluding hydrogens is 454 g/mol. The fourth-order valence-electron chi connectivity index (χ4n) is 4.91. The minimum Gasteiger partial charge on any atom is -0.391 e. The van der Waals surface area contributed by atoms with E-state index in [0.717, 1.165) is 18.7 Å². The second kappa shape index (κ2) is 11.1. The summed E-state index contributed by atoms with van der Waals surface area (Å²) in [6, 6.07) is 22.7. The molecule has 1 heterocycles. The van der Waals surface area contributed by atoms with Crippen LogP contribution in [-0.2, 0) is 0 Å². The van der Waals surface area contributed by atoms with Gasteiger partial charge >= 0.3 is 0 Å². The fourth-order valence-corrected chi connectivity index (χ4v) is 5.69. The standard InChI is InChI=1S/C34H33NS/c1-4-6-7-10-25-18-27(24(3)22-35-16-5-2)20-28(19-25)26-13-14-31-29-11-8-9-12-30(29)32-15-17-36-23-34(32)33(31)21-26/h4,6-15,18-23,35H,5,16-17H2,1-3H3/b6-4-,10-7+,24-22+. The number of benzene rings is 4. The predicted molar refractivity (Wildman–Crippen MR) is 163 cm³/mol. The van der Waals surface area contributed by atoms with Gasteiger partial charge in [0.25, 0.3) is 0 Å². The summed E-state index contributed by atoms with van der Waals surface area (Å²) in [4.78, 5) is 0. The summed E-state index contributed by atoms with van der Waals surface area (Å²) in [5.74, 6) is 1.03. The molecule has 1 aliphatic heterocycles. The van der Waals surface area contributed by atoms with Gasteiger partial charge in [-0.2, -0.15) is 0 Å². The van der Waals surface area contributed by atoms with Gasteiger partial charge in [0.15, 0.2) is 0 Å². The summed E-state index contributed by atoms with van der Waals surface area (Å²) in [7, 11) is 0.